The molecule has 2 aromatic carbocycles. The largest absolute Gasteiger partial charge is 0.384 e. The topological polar surface area (TPSA) is 119 Å². The lowest BCUT2D eigenvalue weighted by atomic mass is 10.1. The van der Waals surface area contributed by atoms with Crippen molar-refractivity contribution in [3.8, 4) is 0 Å². The molecule has 178 valence electrons. The van der Waals surface area contributed by atoms with E-state index in [2.05, 4.69) is 5.32 Å². The Morgan fingerprint density at radius 3 is 2.35 bits per heavy atom. The van der Waals surface area contributed by atoms with E-state index in [0.717, 1.165) is 15.0 Å². The highest BCUT2D eigenvalue weighted by Gasteiger charge is 2.23. The van der Waals surface area contributed by atoms with Gasteiger partial charge in [0.05, 0.1) is 25.3 Å². The van der Waals surface area contributed by atoms with Gasteiger partial charge < -0.3 is 11.1 Å². The van der Waals surface area contributed by atoms with E-state index in [1.165, 1.54) is 28.3 Å². The molecule has 34 heavy (non-hydrogen) atoms. The summed E-state index contributed by atoms with van der Waals surface area (Å²) in [5.74, 6) is -1.06. The monoisotopic (exact) mass is 481 g/mol. The summed E-state index contributed by atoms with van der Waals surface area (Å²) in [5.41, 5.74) is 5.99. The summed E-state index contributed by atoms with van der Waals surface area (Å²) in [7, 11) is 2.90. The van der Waals surface area contributed by atoms with E-state index in [9.17, 15) is 19.2 Å². The summed E-state index contributed by atoms with van der Waals surface area (Å²) in [4.78, 5) is 53.3. The minimum absolute atomic E-state index is 0.0711. The summed E-state index contributed by atoms with van der Waals surface area (Å²) in [6.45, 7) is -0.175. The lowest BCUT2D eigenvalue weighted by Crippen LogP contribution is -2.44. The number of anilines is 2. The highest BCUT2D eigenvalue weighted by Crippen LogP contribution is 2.24. The number of ketones is 1. The molecule has 0 saturated carbocycles. The van der Waals surface area contributed by atoms with Crippen molar-refractivity contribution >= 4 is 35.0 Å². The van der Waals surface area contributed by atoms with E-state index in [1.807, 2.05) is 54.8 Å². The van der Waals surface area contributed by atoms with Crippen LogP contribution < -0.4 is 22.3 Å². The van der Waals surface area contributed by atoms with Crippen LogP contribution in [0.15, 0.2) is 69.1 Å². The summed E-state index contributed by atoms with van der Waals surface area (Å²) in [6.07, 6.45) is 1.91. The minimum Gasteiger partial charge on any atom is -0.384 e. The molecule has 10 heteroatoms. The average molecular weight is 482 g/mol. The Labute approximate surface area is 201 Å². The van der Waals surface area contributed by atoms with Crippen LogP contribution in [0.5, 0.6) is 0 Å². The van der Waals surface area contributed by atoms with E-state index in [-0.39, 0.29) is 36.9 Å². The molecular weight excluding hydrogens is 454 g/mol. The molecule has 0 aliphatic rings. The molecule has 0 saturated heterocycles. The van der Waals surface area contributed by atoms with Gasteiger partial charge in [0.15, 0.2) is 5.78 Å². The third-order valence-electron chi connectivity index (χ3n) is 5.25. The molecule has 0 aliphatic heterocycles. The summed E-state index contributed by atoms with van der Waals surface area (Å²) < 4.78 is 2.08. The van der Waals surface area contributed by atoms with Crippen molar-refractivity contribution in [1.82, 2.24) is 14.0 Å². The number of carbonyl (C=O) groups excluding carboxylic acids is 2. The van der Waals surface area contributed by atoms with Crippen LogP contribution in [0.2, 0.25) is 0 Å². The predicted molar refractivity (Wildman–Crippen MR) is 135 cm³/mol. The fourth-order valence-electron chi connectivity index (χ4n) is 3.53. The molecule has 9 nitrogen and oxygen atoms in total. The first-order valence-corrected chi connectivity index (χ1v) is 11.7. The number of para-hydroxylation sites is 1. The van der Waals surface area contributed by atoms with Crippen LogP contribution in [0.25, 0.3) is 0 Å². The maximum Gasteiger partial charge on any atom is 0.332 e. The van der Waals surface area contributed by atoms with E-state index in [0.29, 0.717) is 5.69 Å². The molecule has 0 atom stereocenters. The Balaban J connectivity index is 1.78. The highest BCUT2D eigenvalue weighted by molar-refractivity contribution is 7.98. The number of carbonyl (C=O) groups is 2. The third-order valence-corrected chi connectivity index (χ3v) is 6.05. The molecule has 3 N–H and O–H groups in total. The van der Waals surface area contributed by atoms with Gasteiger partial charge in [-0.3, -0.25) is 28.4 Å². The number of thioether (sulfide) groups is 1. The van der Waals surface area contributed by atoms with Crippen LogP contribution >= 0.6 is 11.8 Å². The Bertz CT molecular complexity index is 1320. The number of nitrogens with two attached hydrogens (primary N) is 1. The summed E-state index contributed by atoms with van der Waals surface area (Å²) in [6, 6.07) is 16.5. The number of nitrogen functional groups attached to an aromatic ring is 1. The van der Waals surface area contributed by atoms with Crippen LogP contribution in [0, 0.1) is 0 Å². The summed E-state index contributed by atoms with van der Waals surface area (Å²) >= 11 is 1.51. The molecule has 1 aromatic heterocycles. The quantitative estimate of drug-likeness (QED) is 0.352. The molecule has 3 aromatic rings. The van der Waals surface area contributed by atoms with Gasteiger partial charge in [-0.1, -0.05) is 42.5 Å². The molecule has 1 amide bonds. The van der Waals surface area contributed by atoms with Gasteiger partial charge >= 0.3 is 5.69 Å². The van der Waals surface area contributed by atoms with Gasteiger partial charge in [-0.25, -0.2) is 4.79 Å². The zero-order chi connectivity index (χ0) is 24.8. The molecule has 0 radical (unpaired) electrons. The number of Topliss-reactive ketones (excluding diaryl/α,β-unsaturated/α-hetero) is 1. The second-order valence-electron chi connectivity index (χ2n) is 7.82. The molecule has 0 bridgehead atoms. The molecule has 0 aliphatic carbocycles. The number of rotatable bonds is 9. The fraction of sp³-hybridized carbons (Fsp3) is 0.250. The number of aromatic nitrogens is 2. The molecule has 0 unspecified atom stereocenters. The van der Waals surface area contributed by atoms with Crippen LogP contribution in [-0.2, 0) is 18.4 Å². The van der Waals surface area contributed by atoms with Gasteiger partial charge in [-0.2, -0.15) is 0 Å². The standard InChI is InChI=1S/C24H27N5O4S/c1-27(15-20(31)26-17-11-7-8-12-19(17)34-3)14-18(30)21-22(25)29(24(33)28(2)23(21)32)13-16-9-5-4-6-10-16/h4-12H,13-15,25H2,1-3H3,(H,26,31). The average Bonchev–Trinajstić information content (AvgIpc) is 2.81. The third kappa shape index (κ3) is 5.64. The van der Waals surface area contributed by atoms with Gasteiger partial charge in [0.2, 0.25) is 5.91 Å². The predicted octanol–water partition coefficient (Wildman–Crippen LogP) is 1.65. The van der Waals surface area contributed by atoms with E-state index < -0.39 is 17.0 Å². The molecule has 1 heterocycles. The molecule has 3 rings (SSSR count). The van der Waals surface area contributed by atoms with Crippen molar-refractivity contribution in [2.75, 3.05) is 37.4 Å². The van der Waals surface area contributed by atoms with Gasteiger partial charge in [-0.05, 0) is 31.0 Å². The van der Waals surface area contributed by atoms with E-state index >= 15 is 0 Å². The van der Waals surface area contributed by atoms with Crippen molar-refractivity contribution in [1.29, 1.82) is 0 Å². The first-order valence-electron chi connectivity index (χ1n) is 10.5. The first-order chi connectivity index (χ1) is 16.2. The molecular formula is C24H27N5O4S. The Morgan fingerprint density at radius 2 is 1.68 bits per heavy atom. The van der Waals surface area contributed by atoms with Crippen molar-refractivity contribution in [2.45, 2.75) is 11.4 Å². The first kappa shape index (κ1) is 25.0. The van der Waals surface area contributed by atoms with Crippen LogP contribution in [0.1, 0.15) is 15.9 Å². The van der Waals surface area contributed by atoms with Crippen LogP contribution in [-0.4, -0.2) is 52.1 Å². The van der Waals surface area contributed by atoms with Crippen LogP contribution in [0.4, 0.5) is 11.5 Å². The summed E-state index contributed by atoms with van der Waals surface area (Å²) in [5, 5.41) is 2.83. The Hall–Kier alpha value is -3.63. The highest BCUT2D eigenvalue weighted by atomic mass is 32.2. The number of amides is 1. The smallest absolute Gasteiger partial charge is 0.332 e. The van der Waals surface area contributed by atoms with Gasteiger partial charge in [0.1, 0.15) is 11.4 Å². The number of likely N-dealkylation sites (N-methyl/N-ethyl adjacent to an activating group) is 1. The number of nitrogens with zero attached hydrogens (tertiary/aromatic N) is 3. The zero-order valence-corrected chi connectivity index (χ0v) is 20.1. The number of nitrogens with one attached hydrogen (secondary N) is 1. The maximum absolute atomic E-state index is 13.0. The van der Waals surface area contributed by atoms with Gasteiger partial charge in [0.25, 0.3) is 5.56 Å². The van der Waals surface area contributed by atoms with Crippen molar-refractivity contribution in [2.24, 2.45) is 7.05 Å². The molecule has 0 fully saturated rings. The Morgan fingerprint density at radius 1 is 1.03 bits per heavy atom. The number of benzene rings is 2. The van der Waals surface area contributed by atoms with Crippen molar-refractivity contribution in [3.05, 3.63) is 86.6 Å². The fourth-order valence-corrected chi connectivity index (χ4v) is 4.08. The lowest BCUT2D eigenvalue weighted by molar-refractivity contribution is -0.116. The van der Waals surface area contributed by atoms with E-state index in [1.54, 1.807) is 13.1 Å². The normalized spacial score (nSPS) is 10.9. The Kier molecular flexibility index (Phi) is 8.08. The number of hydrogen-bond acceptors (Lipinski definition) is 7. The minimum atomic E-state index is -0.761. The van der Waals surface area contributed by atoms with Crippen molar-refractivity contribution in [3.63, 3.8) is 0 Å². The second kappa shape index (κ2) is 11.0. The SMILES string of the molecule is CSc1ccccc1NC(=O)CN(C)CC(=O)c1c(N)n(Cc2ccccc2)c(=O)n(C)c1=O. The van der Waals surface area contributed by atoms with Crippen molar-refractivity contribution < 1.29 is 9.59 Å². The molecule has 0 spiro atoms. The number of hydrogen-bond donors (Lipinski definition) is 2. The van der Waals surface area contributed by atoms with Crippen LogP contribution in [0.3, 0.4) is 0 Å². The lowest BCUT2D eigenvalue weighted by Gasteiger charge is -2.18. The van der Waals surface area contributed by atoms with E-state index in [4.69, 9.17) is 5.73 Å². The van der Waals surface area contributed by atoms with Gasteiger partial charge in [0, 0.05) is 11.9 Å². The maximum atomic E-state index is 13.0. The zero-order valence-electron chi connectivity index (χ0n) is 19.3. The second-order valence-corrected chi connectivity index (χ2v) is 8.67. The van der Waals surface area contributed by atoms with Gasteiger partial charge in [-0.15, -0.1) is 11.8 Å².